The molecule has 0 bridgehead atoms. The van der Waals surface area contributed by atoms with Gasteiger partial charge in [0.05, 0.1) is 6.54 Å². The van der Waals surface area contributed by atoms with E-state index in [-0.39, 0.29) is 5.91 Å². The van der Waals surface area contributed by atoms with Gasteiger partial charge in [-0.1, -0.05) is 29.8 Å². The predicted octanol–water partition coefficient (Wildman–Crippen LogP) is 1.58. The summed E-state index contributed by atoms with van der Waals surface area (Å²) in [5.74, 6) is -0.0349. The van der Waals surface area contributed by atoms with Crippen LogP contribution >= 0.6 is 11.6 Å². The highest BCUT2D eigenvalue weighted by molar-refractivity contribution is 6.31. The molecular formula is C13H19ClN2O2. The lowest BCUT2D eigenvalue weighted by Crippen LogP contribution is -2.34. The highest BCUT2D eigenvalue weighted by Gasteiger charge is 2.02. The van der Waals surface area contributed by atoms with Gasteiger partial charge in [0.15, 0.2) is 0 Å². The number of carbonyl (C=O) groups excluding carboxylic acids is 1. The topological polar surface area (TPSA) is 50.4 Å². The molecule has 0 aliphatic carbocycles. The molecule has 1 amide bonds. The van der Waals surface area contributed by atoms with Crippen molar-refractivity contribution in [2.75, 3.05) is 26.8 Å². The van der Waals surface area contributed by atoms with Crippen molar-refractivity contribution in [1.29, 1.82) is 0 Å². The van der Waals surface area contributed by atoms with Crippen LogP contribution in [0.3, 0.4) is 0 Å². The highest BCUT2D eigenvalue weighted by Crippen LogP contribution is 2.13. The Bertz CT molecular complexity index is 372. The fourth-order valence-electron chi connectivity index (χ4n) is 1.44. The summed E-state index contributed by atoms with van der Waals surface area (Å²) in [6, 6.07) is 7.47. The molecule has 0 radical (unpaired) electrons. The quantitative estimate of drug-likeness (QED) is 0.705. The van der Waals surface area contributed by atoms with E-state index in [2.05, 4.69) is 10.6 Å². The Balaban J connectivity index is 2.15. The molecule has 0 spiro atoms. The van der Waals surface area contributed by atoms with Crippen molar-refractivity contribution in [3.8, 4) is 0 Å². The molecule has 0 heterocycles. The number of rotatable bonds is 8. The number of hydrogen-bond acceptors (Lipinski definition) is 3. The van der Waals surface area contributed by atoms with Crippen LogP contribution in [0.15, 0.2) is 24.3 Å². The Morgan fingerprint density at radius 2 is 2.17 bits per heavy atom. The van der Waals surface area contributed by atoms with Crippen LogP contribution in [0, 0.1) is 0 Å². The van der Waals surface area contributed by atoms with Crippen molar-refractivity contribution in [2.24, 2.45) is 0 Å². The van der Waals surface area contributed by atoms with E-state index in [4.69, 9.17) is 16.3 Å². The van der Waals surface area contributed by atoms with Gasteiger partial charge in [-0.15, -0.1) is 0 Å². The Kier molecular flexibility index (Phi) is 7.41. The SMILES string of the molecule is COCCCNCC(=O)NCc1ccccc1Cl. The van der Waals surface area contributed by atoms with Crippen molar-refractivity contribution in [3.63, 3.8) is 0 Å². The van der Waals surface area contributed by atoms with Gasteiger partial charge in [-0.2, -0.15) is 0 Å². The normalized spacial score (nSPS) is 10.3. The number of nitrogens with one attached hydrogen (secondary N) is 2. The zero-order chi connectivity index (χ0) is 13.2. The average molecular weight is 271 g/mol. The van der Waals surface area contributed by atoms with Gasteiger partial charge in [0.1, 0.15) is 0 Å². The summed E-state index contributed by atoms with van der Waals surface area (Å²) in [7, 11) is 1.66. The minimum absolute atomic E-state index is 0.0349. The number of amides is 1. The maximum atomic E-state index is 11.5. The molecule has 5 heteroatoms. The lowest BCUT2D eigenvalue weighted by atomic mass is 10.2. The van der Waals surface area contributed by atoms with Crippen molar-refractivity contribution < 1.29 is 9.53 Å². The summed E-state index contributed by atoms with van der Waals surface area (Å²) >= 11 is 5.99. The van der Waals surface area contributed by atoms with Crippen molar-refractivity contribution >= 4 is 17.5 Å². The first-order valence-corrected chi connectivity index (χ1v) is 6.31. The molecule has 1 aromatic carbocycles. The first kappa shape index (κ1) is 15.0. The zero-order valence-corrected chi connectivity index (χ0v) is 11.3. The molecule has 0 unspecified atom stereocenters. The molecule has 4 nitrogen and oxygen atoms in total. The summed E-state index contributed by atoms with van der Waals surface area (Å²) < 4.78 is 4.91. The standard InChI is InChI=1S/C13H19ClN2O2/c1-18-8-4-7-15-10-13(17)16-9-11-5-2-3-6-12(11)14/h2-3,5-6,15H,4,7-10H2,1H3,(H,16,17). The molecule has 100 valence electrons. The Hall–Kier alpha value is -1.10. The minimum Gasteiger partial charge on any atom is -0.385 e. The van der Waals surface area contributed by atoms with E-state index in [1.807, 2.05) is 24.3 Å². The second kappa shape index (κ2) is 8.91. The largest absolute Gasteiger partial charge is 0.385 e. The second-order valence-electron chi connectivity index (χ2n) is 3.89. The van der Waals surface area contributed by atoms with Gasteiger partial charge < -0.3 is 15.4 Å². The molecule has 0 aromatic heterocycles. The van der Waals surface area contributed by atoms with E-state index in [9.17, 15) is 4.79 Å². The van der Waals surface area contributed by atoms with E-state index < -0.39 is 0 Å². The van der Waals surface area contributed by atoms with Gasteiger partial charge in [-0.05, 0) is 24.6 Å². The number of hydrogen-bond donors (Lipinski definition) is 2. The maximum Gasteiger partial charge on any atom is 0.234 e. The minimum atomic E-state index is -0.0349. The molecule has 0 saturated heterocycles. The van der Waals surface area contributed by atoms with Gasteiger partial charge >= 0.3 is 0 Å². The maximum absolute atomic E-state index is 11.5. The number of ether oxygens (including phenoxy) is 1. The average Bonchev–Trinajstić information content (AvgIpc) is 2.37. The molecule has 0 atom stereocenters. The van der Waals surface area contributed by atoms with Gasteiger partial charge in [0, 0.05) is 25.3 Å². The van der Waals surface area contributed by atoms with Crippen LogP contribution in [0.1, 0.15) is 12.0 Å². The van der Waals surface area contributed by atoms with E-state index in [1.54, 1.807) is 7.11 Å². The lowest BCUT2D eigenvalue weighted by molar-refractivity contribution is -0.120. The van der Waals surface area contributed by atoms with E-state index in [0.29, 0.717) is 24.7 Å². The molecule has 0 fully saturated rings. The van der Waals surface area contributed by atoms with Gasteiger partial charge in [0.25, 0.3) is 0 Å². The summed E-state index contributed by atoms with van der Waals surface area (Å²) in [6.07, 6.45) is 0.897. The monoisotopic (exact) mass is 270 g/mol. The Morgan fingerprint density at radius 1 is 1.39 bits per heavy atom. The number of halogens is 1. The van der Waals surface area contributed by atoms with Crippen molar-refractivity contribution in [3.05, 3.63) is 34.9 Å². The number of methoxy groups -OCH3 is 1. The molecule has 18 heavy (non-hydrogen) atoms. The van der Waals surface area contributed by atoms with Crippen LogP contribution in [0.5, 0.6) is 0 Å². The van der Waals surface area contributed by atoms with Gasteiger partial charge in [0.2, 0.25) is 5.91 Å². The lowest BCUT2D eigenvalue weighted by Gasteiger charge is -2.07. The van der Waals surface area contributed by atoms with Crippen LogP contribution in [0.4, 0.5) is 0 Å². The van der Waals surface area contributed by atoms with Crippen LogP contribution in [0.2, 0.25) is 5.02 Å². The molecular weight excluding hydrogens is 252 g/mol. The summed E-state index contributed by atoms with van der Waals surface area (Å²) in [4.78, 5) is 11.5. The third-order valence-corrected chi connectivity index (χ3v) is 2.79. The third-order valence-electron chi connectivity index (χ3n) is 2.42. The molecule has 1 rings (SSSR count). The molecule has 0 aliphatic heterocycles. The third kappa shape index (κ3) is 6.00. The number of carbonyl (C=O) groups is 1. The molecule has 0 saturated carbocycles. The Labute approximate surface area is 113 Å². The van der Waals surface area contributed by atoms with Crippen LogP contribution in [0.25, 0.3) is 0 Å². The molecule has 2 N–H and O–H groups in total. The smallest absolute Gasteiger partial charge is 0.234 e. The van der Waals surface area contributed by atoms with E-state index in [0.717, 1.165) is 18.5 Å². The first-order chi connectivity index (χ1) is 8.74. The fourth-order valence-corrected chi connectivity index (χ4v) is 1.64. The highest BCUT2D eigenvalue weighted by atomic mass is 35.5. The van der Waals surface area contributed by atoms with Gasteiger partial charge in [-0.25, -0.2) is 0 Å². The first-order valence-electron chi connectivity index (χ1n) is 5.94. The second-order valence-corrected chi connectivity index (χ2v) is 4.30. The van der Waals surface area contributed by atoms with E-state index in [1.165, 1.54) is 0 Å². The van der Waals surface area contributed by atoms with Crippen LogP contribution in [-0.4, -0.2) is 32.7 Å². The fraction of sp³-hybridized carbons (Fsp3) is 0.462. The number of benzene rings is 1. The zero-order valence-electron chi connectivity index (χ0n) is 10.5. The molecule has 1 aromatic rings. The van der Waals surface area contributed by atoms with Crippen molar-refractivity contribution in [2.45, 2.75) is 13.0 Å². The summed E-state index contributed by atoms with van der Waals surface area (Å²) in [5.41, 5.74) is 0.923. The van der Waals surface area contributed by atoms with Gasteiger partial charge in [-0.3, -0.25) is 4.79 Å². The van der Waals surface area contributed by atoms with Crippen LogP contribution < -0.4 is 10.6 Å². The Morgan fingerprint density at radius 3 is 2.89 bits per heavy atom. The van der Waals surface area contributed by atoms with Crippen LogP contribution in [-0.2, 0) is 16.1 Å². The van der Waals surface area contributed by atoms with E-state index >= 15 is 0 Å². The predicted molar refractivity (Wildman–Crippen MR) is 72.7 cm³/mol. The summed E-state index contributed by atoms with van der Waals surface area (Å²) in [6.45, 7) is 2.24. The molecule has 0 aliphatic rings. The van der Waals surface area contributed by atoms with Crippen molar-refractivity contribution in [1.82, 2.24) is 10.6 Å². The summed E-state index contributed by atoms with van der Waals surface area (Å²) in [5, 5.41) is 6.53.